The minimum atomic E-state index is -0.398. The summed E-state index contributed by atoms with van der Waals surface area (Å²) >= 11 is 1.43. The van der Waals surface area contributed by atoms with E-state index in [1.54, 1.807) is 0 Å². The lowest BCUT2D eigenvalue weighted by molar-refractivity contribution is 0.376. The third-order valence-electron chi connectivity index (χ3n) is 2.82. The number of pyridine rings is 1. The van der Waals surface area contributed by atoms with Crippen LogP contribution in [-0.2, 0) is 12.8 Å². The van der Waals surface area contributed by atoms with Gasteiger partial charge in [-0.1, -0.05) is 5.16 Å². The van der Waals surface area contributed by atoms with Crippen LogP contribution in [-0.4, -0.2) is 20.1 Å². The van der Waals surface area contributed by atoms with Crippen molar-refractivity contribution in [2.45, 2.75) is 19.3 Å². The second-order valence-electron chi connectivity index (χ2n) is 4.40. The van der Waals surface area contributed by atoms with Crippen LogP contribution in [0.5, 0.6) is 0 Å². The molecule has 108 valence electrons. The highest BCUT2D eigenvalue weighted by Gasteiger charge is 2.10. The fraction of sp³-hybridized carbons (Fsp3) is 0.231. The highest BCUT2D eigenvalue weighted by atomic mass is 32.1. The van der Waals surface area contributed by atoms with Gasteiger partial charge in [-0.3, -0.25) is 0 Å². The van der Waals surface area contributed by atoms with Gasteiger partial charge in [0.05, 0.1) is 11.9 Å². The van der Waals surface area contributed by atoms with Crippen LogP contribution in [0.25, 0.3) is 11.5 Å². The summed E-state index contributed by atoms with van der Waals surface area (Å²) in [6.07, 6.45) is 3.41. The summed E-state index contributed by atoms with van der Waals surface area (Å²) in [7, 11) is 0. The molecule has 21 heavy (non-hydrogen) atoms. The fourth-order valence-corrected chi connectivity index (χ4v) is 2.42. The van der Waals surface area contributed by atoms with Gasteiger partial charge in [0.2, 0.25) is 11.7 Å². The maximum Gasteiger partial charge on any atom is 0.227 e. The molecule has 6 nitrogen and oxygen atoms in total. The molecule has 0 aliphatic heterocycles. The molecule has 3 aromatic rings. The van der Waals surface area contributed by atoms with E-state index in [-0.39, 0.29) is 0 Å². The Kier molecular flexibility index (Phi) is 3.87. The van der Waals surface area contributed by atoms with Crippen molar-refractivity contribution in [1.82, 2.24) is 20.1 Å². The second kappa shape index (κ2) is 5.96. The SMILES string of the molecule is Nc1nc(CCCc2nc(-c3ccc(F)cn3)no2)cs1. The fourth-order valence-electron chi connectivity index (χ4n) is 1.83. The largest absolute Gasteiger partial charge is 0.375 e. The summed E-state index contributed by atoms with van der Waals surface area (Å²) in [6.45, 7) is 0. The third kappa shape index (κ3) is 3.40. The number of nitrogens with two attached hydrogens (primary N) is 1. The van der Waals surface area contributed by atoms with Crippen LogP contribution in [0.15, 0.2) is 28.2 Å². The first-order valence-corrected chi connectivity index (χ1v) is 7.23. The van der Waals surface area contributed by atoms with Gasteiger partial charge < -0.3 is 10.3 Å². The predicted octanol–water partition coefficient (Wildman–Crippen LogP) is 2.48. The summed E-state index contributed by atoms with van der Waals surface area (Å²) in [5.74, 6) is 0.493. The smallest absolute Gasteiger partial charge is 0.227 e. The van der Waals surface area contributed by atoms with Crippen molar-refractivity contribution in [3.05, 3.63) is 41.1 Å². The molecule has 0 aromatic carbocycles. The van der Waals surface area contributed by atoms with E-state index >= 15 is 0 Å². The summed E-state index contributed by atoms with van der Waals surface area (Å²) in [6, 6.07) is 2.83. The molecule has 3 heterocycles. The molecule has 0 spiro atoms. The van der Waals surface area contributed by atoms with Crippen LogP contribution < -0.4 is 5.73 Å². The van der Waals surface area contributed by atoms with Gasteiger partial charge in [-0.2, -0.15) is 4.98 Å². The van der Waals surface area contributed by atoms with E-state index < -0.39 is 5.82 Å². The highest BCUT2D eigenvalue weighted by molar-refractivity contribution is 7.13. The normalized spacial score (nSPS) is 10.9. The minimum Gasteiger partial charge on any atom is -0.375 e. The van der Waals surface area contributed by atoms with Gasteiger partial charge in [-0.15, -0.1) is 11.3 Å². The number of nitrogens with zero attached hydrogens (tertiary/aromatic N) is 4. The van der Waals surface area contributed by atoms with Crippen molar-refractivity contribution < 1.29 is 8.91 Å². The van der Waals surface area contributed by atoms with E-state index in [0.717, 1.165) is 24.7 Å². The minimum absolute atomic E-state index is 0.364. The first kappa shape index (κ1) is 13.6. The van der Waals surface area contributed by atoms with E-state index in [2.05, 4.69) is 20.1 Å². The number of hydrogen-bond donors (Lipinski definition) is 1. The van der Waals surface area contributed by atoms with Crippen LogP contribution in [0.3, 0.4) is 0 Å². The lowest BCUT2D eigenvalue weighted by atomic mass is 10.2. The van der Waals surface area contributed by atoms with Crippen molar-refractivity contribution in [2.24, 2.45) is 0 Å². The standard InChI is InChI=1S/C13H12FN5OS/c14-8-4-5-10(16-6-8)12-18-11(20-19-12)3-1-2-9-7-21-13(15)17-9/h4-7H,1-3H2,(H2,15,17). The van der Waals surface area contributed by atoms with E-state index in [4.69, 9.17) is 10.3 Å². The van der Waals surface area contributed by atoms with Crippen molar-refractivity contribution in [2.75, 3.05) is 5.73 Å². The molecule has 3 rings (SSSR count). The lowest BCUT2D eigenvalue weighted by Gasteiger charge is -1.93. The molecule has 3 aromatic heterocycles. The zero-order chi connectivity index (χ0) is 14.7. The van der Waals surface area contributed by atoms with E-state index in [1.807, 2.05) is 5.38 Å². The predicted molar refractivity (Wildman–Crippen MR) is 76.0 cm³/mol. The molecule has 0 unspecified atom stereocenters. The van der Waals surface area contributed by atoms with Gasteiger partial charge in [0.15, 0.2) is 5.13 Å². The van der Waals surface area contributed by atoms with Gasteiger partial charge in [0.1, 0.15) is 11.5 Å². The van der Waals surface area contributed by atoms with Gasteiger partial charge in [-0.05, 0) is 25.0 Å². The Morgan fingerprint density at radius 1 is 1.24 bits per heavy atom. The number of nitrogen functional groups attached to an aromatic ring is 1. The van der Waals surface area contributed by atoms with Crippen LogP contribution in [0.4, 0.5) is 9.52 Å². The summed E-state index contributed by atoms with van der Waals surface area (Å²) in [5, 5.41) is 6.36. The molecule has 0 aliphatic rings. The number of hydrogen-bond acceptors (Lipinski definition) is 7. The zero-order valence-electron chi connectivity index (χ0n) is 11.0. The zero-order valence-corrected chi connectivity index (χ0v) is 11.8. The van der Waals surface area contributed by atoms with Crippen LogP contribution >= 0.6 is 11.3 Å². The maximum atomic E-state index is 12.8. The van der Waals surface area contributed by atoms with E-state index in [9.17, 15) is 4.39 Å². The Bertz CT molecular complexity index is 724. The number of aromatic nitrogens is 4. The van der Waals surface area contributed by atoms with Gasteiger partial charge in [0.25, 0.3) is 0 Å². The van der Waals surface area contributed by atoms with Crippen molar-refractivity contribution >= 4 is 16.5 Å². The molecule has 0 fully saturated rings. The van der Waals surface area contributed by atoms with Crippen LogP contribution in [0.2, 0.25) is 0 Å². The van der Waals surface area contributed by atoms with Gasteiger partial charge in [-0.25, -0.2) is 14.4 Å². The Morgan fingerprint density at radius 2 is 2.14 bits per heavy atom. The van der Waals surface area contributed by atoms with Gasteiger partial charge >= 0.3 is 0 Å². The average molecular weight is 305 g/mol. The third-order valence-corrected chi connectivity index (χ3v) is 3.54. The monoisotopic (exact) mass is 305 g/mol. The second-order valence-corrected chi connectivity index (χ2v) is 5.29. The quantitative estimate of drug-likeness (QED) is 0.778. The Balaban J connectivity index is 1.59. The van der Waals surface area contributed by atoms with Crippen molar-refractivity contribution in [1.29, 1.82) is 0 Å². The van der Waals surface area contributed by atoms with Crippen molar-refractivity contribution in [3.8, 4) is 11.5 Å². The van der Waals surface area contributed by atoms with Crippen molar-refractivity contribution in [3.63, 3.8) is 0 Å². The van der Waals surface area contributed by atoms with E-state index in [0.29, 0.717) is 29.0 Å². The molecule has 8 heteroatoms. The topological polar surface area (TPSA) is 90.7 Å². The van der Waals surface area contributed by atoms with E-state index in [1.165, 1.54) is 23.5 Å². The molecule has 0 saturated heterocycles. The molecule has 2 N–H and O–H groups in total. The molecule has 0 radical (unpaired) electrons. The number of thiazole rings is 1. The number of rotatable bonds is 5. The lowest BCUT2D eigenvalue weighted by Crippen LogP contribution is -1.92. The first-order valence-electron chi connectivity index (χ1n) is 6.35. The summed E-state index contributed by atoms with van der Waals surface area (Å²) in [5.41, 5.74) is 7.03. The Hall–Kier alpha value is -2.35. The number of anilines is 1. The molecule has 0 atom stereocenters. The molecule has 0 saturated carbocycles. The average Bonchev–Trinajstić information content (AvgIpc) is 3.09. The molecule has 0 aliphatic carbocycles. The molecular formula is C13H12FN5OS. The Morgan fingerprint density at radius 3 is 2.86 bits per heavy atom. The first-order chi connectivity index (χ1) is 10.2. The van der Waals surface area contributed by atoms with Crippen LogP contribution in [0.1, 0.15) is 18.0 Å². The maximum absolute atomic E-state index is 12.8. The van der Waals surface area contributed by atoms with Crippen LogP contribution in [0, 0.1) is 5.82 Å². The molecular weight excluding hydrogens is 293 g/mol. The number of aryl methyl sites for hydroxylation is 2. The van der Waals surface area contributed by atoms with Gasteiger partial charge in [0, 0.05) is 11.8 Å². The molecule has 0 amide bonds. The molecule has 0 bridgehead atoms. The number of halogens is 1. The summed E-state index contributed by atoms with van der Waals surface area (Å²) < 4.78 is 18.0. The Labute approximate surface area is 123 Å². The summed E-state index contributed by atoms with van der Waals surface area (Å²) in [4.78, 5) is 12.3. The highest BCUT2D eigenvalue weighted by Crippen LogP contribution is 2.16.